The average molecular weight is 472 g/mol. The highest BCUT2D eigenvalue weighted by Gasteiger charge is 2.42. The Bertz CT molecular complexity index is 1110. The molecule has 2 saturated heterocycles. The summed E-state index contributed by atoms with van der Waals surface area (Å²) in [6.45, 7) is 2.97. The summed E-state index contributed by atoms with van der Waals surface area (Å²) in [6.07, 6.45) is 2.17. The van der Waals surface area contributed by atoms with Gasteiger partial charge in [0.15, 0.2) is 15.0 Å². The minimum atomic E-state index is -2.94. The predicted molar refractivity (Wildman–Crippen MR) is 128 cm³/mol. The first-order chi connectivity index (χ1) is 15.4. The van der Waals surface area contributed by atoms with Gasteiger partial charge >= 0.3 is 0 Å². The zero-order valence-electron chi connectivity index (χ0n) is 17.6. The largest absolute Gasteiger partial charge is 0.353 e. The van der Waals surface area contributed by atoms with E-state index in [0.29, 0.717) is 19.5 Å². The molecule has 3 aliphatic heterocycles. The van der Waals surface area contributed by atoms with Gasteiger partial charge in [0, 0.05) is 43.3 Å². The molecular weight excluding hydrogens is 446 g/mol. The van der Waals surface area contributed by atoms with Crippen molar-refractivity contribution in [1.29, 1.82) is 0 Å². The number of thioether (sulfide) groups is 1. The quantitative estimate of drug-likeness (QED) is 0.725. The van der Waals surface area contributed by atoms with Crippen LogP contribution in [0.3, 0.4) is 0 Å². The van der Waals surface area contributed by atoms with Crippen molar-refractivity contribution in [2.24, 2.45) is 4.99 Å². The second kappa shape index (κ2) is 8.74. The number of rotatable bonds is 4. The monoisotopic (exact) mass is 471 g/mol. The van der Waals surface area contributed by atoms with Crippen molar-refractivity contribution in [3.8, 4) is 0 Å². The molecule has 8 nitrogen and oxygen atoms in total. The second-order valence-corrected chi connectivity index (χ2v) is 11.7. The van der Waals surface area contributed by atoms with Gasteiger partial charge in [-0.25, -0.2) is 13.4 Å². The molecule has 1 N–H and O–H groups in total. The molecule has 1 amide bonds. The van der Waals surface area contributed by atoms with E-state index < -0.39 is 9.84 Å². The fraction of sp³-hybridized carbons (Fsp3) is 0.409. The summed E-state index contributed by atoms with van der Waals surface area (Å²) in [6, 6.07) is 13.5. The number of sulfone groups is 1. The molecule has 0 unspecified atom stereocenters. The minimum Gasteiger partial charge on any atom is -0.353 e. The molecule has 10 heteroatoms. The molecule has 0 spiro atoms. The van der Waals surface area contributed by atoms with E-state index in [1.165, 1.54) is 11.8 Å². The summed E-state index contributed by atoms with van der Waals surface area (Å²) in [5.41, 5.74) is 1.86. The maximum Gasteiger partial charge on any atom is 0.227 e. The van der Waals surface area contributed by atoms with Crippen molar-refractivity contribution in [2.45, 2.75) is 17.7 Å². The molecule has 1 aromatic heterocycles. The van der Waals surface area contributed by atoms with Gasteiger partial charge in [-0.1, -0.05) is 30.0 Å². The number of carbonyl (C=O) groups is 1. The van der Waals surface area contributed by atoms with E-state index in [9.17, 15) is 13.2 Å². The third-order valence-corrected chi connectivity index (χ3v) is 9.13. The number of fused-ring (bicyclic) bond motifs is 1. The lowest BCUT2D eigenvalue weighted by molar-refractivity contribution is -0.130. The summed E-state index contributed by atoms with van der Waals surface area (Å²) in [5, 5.41) is 4.07. The van der Waals surface area contributed by atoms with Crippen molar-refractivity contribution in [3.05, 3.63) is 54.2 Å². The number of aliphatic imine (C=N–C) groups is 1. The Morgan fingerprint density at radius 3 is 2.53 bits per heavy atom. The van der Waals surface area contributed by atoms with Gasteiger partial charge in [0.05, 0.1) is 24.0 Å². The van der Waals surface area contributed by atoms with Crippen LogP contribution < -0.4 is 10.2 Å². The first-order valence-corrected chi connectivity index (χ1v) is 13.4. The van der Waals surface area contributed by atoms with Gasteiger partial charge in [0.1, 0.15) is 5.82 Å². The molecule has 1 aromatic carbocycles. The highest BCUT2D eigenvalue weighted by Crippen LogP contribution is 2.34. The van der Waals surface area contributed by atoms with E-state index in [4.69, 9.17) is 0 Å². The van der Waals surface area contributed by atoms with Gasteiger partial charge in [0.25, 0.3) is 0 Å². The molecule has 168 valence electrons. The van der Waals surface area contributed by atoms with Crippen LogP contribution in [0.15, 0.2) is 53.7 Å². The van der Waals surface area contributed by atoms with E-state index in [2.05, 4.69) is 20.2 Å². The molecule has 5 rings (SSSR count). The van der Waals surface area contributed by atoms with E-state index in [1.807, 2.05) is 47.4 Å². The van der Waals surface area contributed by atoms with E-state index in [1.54, 1.807) is 6.20 Å². The van der Waals surface area contributed by atoms with Gasteiger partial charge in [0.2, 0.25) is 5.91 Å². The number of benzene rings is 1. The Kier molecular flexibility index (Phi) is 5.81. The lowest BCUT2D eigenvalue weighted by atomic mass is 10.1. The van der Waals surface area contributed by atoms with Crippen molar-refractivity contribution >= 4 is 44.2 Å². The standard InChI is InChI=1S/C22H25N5O3S2/c28-21(27-11-9-26(10-12-27)20-3-1-2-8-23-20)13-16-4-6-17(7-5-16)24-22-25-18-14-32(29,30)15-19(18)31-22/h1-8,18-19H,9-15H2,(H,24,25)/t18-,19+/m1/s1. The lowest BCUT2D eigenvalue weighted by Gasteiger charge is -2.35. The van der Waals surface area contributed by atoms with Crippen molar-refractivity contribution in [2.75, 3.05) is 47.9 Å². The number of anilines is 2. The molecule has 32 heavy (non-hydrogen) atoms. The molecule has 0 aliphatic carbocycles. The number of amides is 1. The van der Waals surface area contributed by atoms with Crippen LogP contribution in [0.5, 0.6) is 0 Å². The Morgan fingerprint density at radius 1 is 1.06 bits per heavy atom. The molecule has 4 heterocycles. The molecular formula is C22H25N5O3S2. The second-order valence-electron chi connectivity index (χ2n) is 8.29. The zero-order chi connectivity index (χ0) is 22.1. The van der Waals surface area contributed by atoms with Crippen LogP contribution in [0, 0.1) is 0 Å². The van der Waals surface area contributed by atoms with E-state index in [0.717, 1.165) is 35.3 Å². The van der Waals surface area contributed by atoms with Crippen molar-refractivity contribution in [3.63, 3.8) is 0 Å². The third kappa shape index (κ3) is 4.75. The van der Waals surface area contributed by atoms with Crippen LogP contribution in [-0.2, 0) is 21.1 Å². The number of nitrogens with zero attached hydrogens (tertiary/aromatic N) is 4. The Morgan fingerprint density at radius 2 is 1.84 bits per heavy atom. The third-order valence-electron chi connectivity index (χ3n) is 5.98. The maximum atomic E-state index is 12.7. The summed E-state index contributed by atoms with van der Waals surface area (Å²) in [4.78, 5) is 25.8. The SMILES string of the molecule is O=C(Cc1ccc(NC2=N[C@@H]3CS(=O)(=O)C[C@@H]3S2)cc1)N1CCN(c2ccccn2)CC1. The first kappa shape index (κ1) is 21.3. The smallest absolute Gasteiger partial charge is 0.227 e. The van der Waals surface area contributed by atoms with Crippen LogP contribution in [0.4, 0.5) is 11.5 Å². The molecule has 0 radical (unpaired) electrons. The van der Waals surface area contributed by atoms with Crippen LogP contribution >= 0.6 is 11.8 Å². The van der Waals surface area contributed by atoms with Crippen LogP contribution in [0.25, 0.3) is 0 Å². The number of aromatic nitrogens is 1. The maximum absolute atomic E-state index is 12.7. The lowest BCUT2D eigenvalue weighted by Crippen LogP contribution is -2.49. The van der Waals surface area contributed by atoms with E-state index >= 15 is 0 Å². The van der Waals surface area contributed by atoms with Crippen LogP contribution in [-0.4, -0.2) is 78.4 Å². The van der Waals surface area contributed by atoms with E-state index in [-0.39, 0.29) is 28.7 Å². The molecule has 2 fully saturated rings. The molecule has 2 aromatic rings. The number of pyridine rings is 1. The highest BCUT2D eigenvalue weighted by molar-refractivity contribution is 8.15. The Hall–Kier alpha value is -2.59. The molecule has 0 saturated carbocycles. The number of nitrogens with one attached hydrogen (secondary N) is 1. The highest BCUT2D eigenvalue weighted by atomic mass is 32.2. The fourth-order valence-corrected chi connectivity index (χ4v) is 7.93. The topological polar surface area (TPSA) is 95.0 Å². The summed E-state index contributed by atoms with van der Waals surface area (Å²) >= 11 is 1.50. The summed E-state index contributed by atoms with van der Waals surface area (Å²) in [7, 11) is -2.94. The fourth-order valence-electron chi connectivity index (χ4n) is 4.26. The van der Waals surface area contributed by atoms with Crippen LogP contribution in [0.1, 0.15) is 5.56 Å². The van der Waals surface area contributed by atoms with Gasteiger partial charge in [-0.3, -0.25) is 9.79 Å². The minimum absolute atomic E-state index is 0.0255. The number of amidine groups is 1. The molecule has 0 bridgehead atoms. The van der Waals surface area contributed by atoms with Crippen molar-refractivity contribution in [1.82, 2.24) is 9.88 Å². The van der Waals surface area contributed by atoms with Gasteiger partial charge < -0.3 is 15.1 Å². The van der Waals surface area contributed by atoms with Gasteiger partial charge in [-0.15, -0.1) is 0 Å². The Labute approximate surface area is 192 Å². The first-order valence-electron chi connectivity index (χ1n) is 10.7. The normalized spacial score (nSPS) is 24.2. The van der Waals surface area contributed by atoms with Gasteiger partial charge in [-0.05, 0) is 29.8 Å². The zero-order valence-corrected chi connectivity index (χ0v) is 19.2. The Balaban J connectivity index is 1.12. The van der Waals surface area contributed by atoms with Crippen LogP contribution in [0.2, 0.25) is 0 Å². The number of piperazine rings is 1. The summed E-state index contributed by atoms with van der Waals surface area (Å²) < 4.78 is 23.4. The number of hydrogen-bond donors (Lipinski definition) is 1. The molecule has 3 aliphatic rings. The number of carbonyl (C=O) groups excluding carboxylic acids is 1. The summed E-state index contributed by atoms with van der Waals surface area (Å²) in [5.74, 6) is 1.44. The number of hydrogen-bond acceptors (Lipinski definition) is 8. The van der Waals surface area contributed by atoms with Gasteiger partial charge in [-0.2, -0.15) is 0 Å². The molecule has 2 atom stereocenters. The van der Waals surface area contributed by atoms with Crippen molar-refractivity contribution < 1.29 is 13.2 Å². The average Bonchev–Trinajstić information content (AvgIpc) is 3.28. The predicted octanol–water partition coefficient (Wildman–Crippen LogP) is 1.65.